The number of hydrogen-bond acceptors (Lipinski definition) is 4. The Morgan fingerprint density at radius 2 is 1.90 bits per heavy atom. The maximum Gasteiger partial charge on any atom is 0.305 e. The van der Waals surface area contributed by atoms with Crippen LogP contribution < -0.4 is 15.6 Å². The van der Waals surface area contributed by atoms with E-state index in [1.54, 1.807) is 6.07 Å². The Kier molecular flexibility index (Phi) is 4.55. The molecule has 6 nitrogen and oxygen atoms in total. The molecule has 0 radical (unpaired) electrons. The third-order valence-electron chi connectivity index (χ3n) is 2.54. The van der Waals surface area contributed by atoms with Crippen LogP contribution in [0.2, 0.25) is 0 Å². The van der Waals surface area contributed by atoms with Crippen molar-refractivity contribution < 1.29 is 23.1 Å². The van der Waals surface area contributed by atoms with E-state index in [9.17, 15) is 14.0 Å². The summed E-state index contributed by atoms with van der Waals surface area (Å²) < 4.78 is 22.9. The molecule has 0 aliphatic rings. The summed E-state index contributed by atoms with van der Waals surface area (Å²) in [7, 11) is 0. The number of rotatable bonds is 4. The summed E-state index contributed by atoms with van der Waals surface area (Å²) in [4.78, 5) is 23.3. The van der Waals surface area contributed by atoms with Crippen LogP contribution in [-0.2, 0) is 4.79 Å². The molecule has 0 aliphatic carbocycles. The lowest BCUT2D eigenvalue weighted by molar-refractivity contribution is -0.128. The quantitative estimate of drug-likeness (QED) is 0.840. The van der Waals surface area contributed by atoms with E-state index in [2.05, 4.69) is 10.9 Å². The van der Waals surface area contributed by atoms with Gasteiger partial charge in [-0.2, -0.15) is 0 Å². The monoisotopic (exact) mass is 292 g/mol. The topological polar surface area (TPSA) is 80.6 Å². The van der Waals surface area contributed by atoms with Gasteiger partial charge in [0.1, 0.15) is 11.6 Å². The molecule has 1 heterocycles. The molecule has 21 heavy (non-hydrogen) atoms. The van der Waals surface area contributed by atoms with E-state index in [1.165, 1.54) is 43.5 Å². The summed E-state index contributed by atoms with van der Waals surface area (Å²) in [5.41, 5.74) is 4.39. The normalized spacial score (nSPS) is 11.5. The Bertz CT molecular complexity index is 610. The van der Waals surface area contributed by atoms with Gasteiger partial charge < -0.3 is 9.15 Å². The van der Waals surface area contributed by atoms with E-state index >= 15 is 0 Å². The molecular formula is C14H13FN2O4. The van der Waals surface area contributed by atoms with Gasteiger partial charge in [-0.05, 0) is 43.3 Å². The number of carbonyl (C=O) groups excluding carboxylic acids is 2. The van der Waals surface area contributed by atoms with Gasteiger partial charge in [-0.15, -0.1) is 0 Å². The zero-order valence-corrected chi connectivity index (χ0v) is 11.1. The number of halogens is 1. The van der Waals surface area contributed by atoms with E-state index in [4.69, 9.17) is 9.15 Å². The van der Waals surface area contributed by atoms with E-state index in [-0.39, 0.29) is 5.76 Å². The fourth-order valence-electron chi connectivity index (χ4n) is 1.46. The van der Waals surface area contributed by atoms with Crippen molar-refractivity contribution in [2.24, 2.45) is 0 Å². The zero-order valence-electron chi connectivity index (χ0n) is 11.1. The van der Waals surface area contributed by atoms with Crippen LogP contribution in [0.5, 0.6) is 5.75 Å². The predicted molar refractivity (Wildman–Crippen MR) is 70.8 cm³/mol. The average Bonchev–Trinajstić information content (AvgIpc) is 3.01. The van der Waals surface area contributed by atoms with Gasteiger partial charge in [0.25, 0.3) is 5.91 Å². The molecule has 1 atom stereocenters. The van der Waals surface area contributed by atoms with Gasteiger partial charge in [0, 0.05) is 0 Å². The van der Waals surface area contributed by atoms with Crippen LogP contribution >= 0.6 is 0 Å². The Hall–Kier alpha value is -2.83. The molecule has 2 aromatic rings. The third-order valence-corrected chi connectivity index (χ3v) is 2.54. The summed E-state index contributed by atoms with van der Waals surface area (Å²) in [6, 6.07) is 8.26. The molecule has 1 unspecified atom stereocenters. The maximum atomic E-state index is 12.7. The number of hydrazine groups is 1. The summed E-state index contributed by atoms with van der Waals surface area (Å²) in [5.74, 6) is -1.12. The molecule has 110 valence electrons. The van der Waals surface area contributed by atoms with Crippen LogP contribution in [0.4, 0.5) is 4.39 Å². The number of furan rings is 1. The smallest absolute Gasteiger partial charge is 0.305 e. The zero-order chi connectivity index (χ0) is 15.2. The van der Waals surface area contributed by atoms with Crippen molar-refractivity contribution in [1.82, 2.24) is 10.9 Å². The van der Waals surface area contributed by atoms with Crippen LogP contribution in [0.1, 0.15) is 17.5 Å². The first-order valence-electron chi connectivity index (χ1n) is 6.12. The number of carbonyl (C=O) groups is 2. The lowest BCUT2D eigenvalue weighted by atomic mass is 10.3. The minimum absolute atomic E-state index is 0.0717. The number of nitrogens with one attached hydrogen (secondary N) is 2. The van der Waals surface area contributed by atoms with Crippen LogP contribution in [0, 0.1) is 5.82 Å². The maximum absolute atomic E-state index is 12.7. The second-order valence-electron chi connectivity index (χ2n) is 4.13. The first-order chi connectivity index (χ1) is 10.1. The Labute approximate surface area is 119 Å². The largest absolute Gasteiger partial charge is 0.481 e. The summed E-state index contributed by atoms with van der Waals surface area (Å²) in [6.07, 6.45) is 0.476. The van der Waals surface area contributed by atoms with Crippen molar-refractivity contribution in [2.45, 2.75) is 13.0 Å². The molecule has 1 aromatic carbocycles. The summed E-state index contributed by atoms with van der Waals surface area (Å²) in [5, 5.41) is 0. The van der Waals surface area contributed by atoms with Crippen molar-refractivity contribution in [3.63, 3.8) is 0 Å². The molecule has 7 heteroatoms. The number of amides is 2. The summed E-state index contributed by atoms with van der Waals surface area (Å²) in [6.45, 7) is 1.50. The Balaban J connectivity index is 1.82. The Morgan fingerprint density at radius 1 is 1.19 bits per heavy atom. The lowest BCUT2D eigenvalue weighted by Gasteiger charge is -2.14. The van der Waals surface area contributed by atoms with E-state index in [0.29, 0.717) is 5.75 Å². The van der Waals surface area contributed by atoms with Gasteiger partial charge in [0.05, 0.1) is 6.26 Å². The fraction of sp³-hybridized carbons (Fsp3) is 0.143. The molecule has 1 aromatic heterocycles. The number of ether oxygens (including phenoxy) is 1. The number of benzene rings is 1. The van der Waals surface area contributed by atoms with Crippen LogP contribution in [0.3, 0.4) is 0 Å². The second-order valence-corrected chi connectivity index (χ2v) is 4.13. The SMILES string of the molecule is CC(Oc1ccc(F)cc1)C(=O)NNC(=O)c1ccco1. The molecule has 0 bridgehead atoms. The highest BCUT2D eigenvalue weighted by molar-refractivity contribution is 5.93. The molecule has 2 rings (SSSR count). The standard InChI is InChI=1S/C14H13FN2O4/c1-9(21-11-6-4-10(15)5-7-11)13(18)16-17-14(19)12-3-2-8-20-12/h2-9H,1H3,(H,16,18)(H,17,19). The number of hydrogen-bond donors (Lipinski definition) is 2. The van der Waals surface area contributed by atoms with Crippen molar-refractivity contribution >= 4 is 11.8 Å². The van der Waals surface area contributed by atoms with Gasteiger partial charge in [-0.3, -0.25) is 20.4 Å². The molecule has 2 amide bonds. The predicted octanol–water partition coefficient (Wildman–Crippen LogP) is 1.65. The third kappa shape index (κ3) is 4.07. The van der Waals surface area contributed by atoms with E-state index in [0.717, 1.165) is 0 Å². The second kappa shape index (κ2) is 6.56. The highest BCUT2D eigenvalue weighted by Crippen LogP contribution is 2.12. The minimum atomic E-state index is -0.868. The highest BCUT2D eigenvalue weighted by atomic mass is 19.1. The Morgan fingerprint density at radius 3 is 2.52 bits per heavy atom. The van der Waals surface area contributed by atoms with Crippen molar-refractivity contribution in [1.29, 1.82) is 0 Å². The molecule has 2 N–H and O–H groups in total. The molecular weight excluding hydrogens is 279 g/mol. The molecule has 0 saturated carbocycles. The van der Waals surface area contributed by atoms with E-state index in [1.807, 2.05) is 0 Å². The molecule has 0 saturated heterocycles. The van der Waals surface area contributed by atoms with E-state index < -0.39 is 23.7 Å². The van der Waals surface area contributed by atoms with Crippen molar-refractivity contribution in [3.05, 3.63) is 54.2 Å². The van der Waals surface area contributed by atoms with Crippen LogP contribution in [-0.4, -0.2) is 17.9 Å². The lowest BCUT2D eigenvalue weighted by Crippen LogP contribution is -2.47. The van der Waals surface area contributed by atoms with Gasteiger partial charge in [0.15, 0.2) is 11.9 Å². The summed E-state index contributed by atoms with van der Waals surface area (Å²) >= 11 is 0. The molecule has 0 spiro atoms. The van der Waals surface area contributed by atoms with Crippen LogP contribution in [0.25, 0.3) is 0 Å². The fourth-order valence-corrected chi connectivity index (χ4v) is 1.46. The van der Waals surface area contributed by atoms with Gasteiger partial charge >= 0.3 is 5.91 Å². The average molecular weight is 292 g/mol. The first kappa shape index (κ1) is 14.6. The molecule has 0 aliphatic heterocycles. The van der Waals surface area contributed by atoms with Crippen molar-refractivity contribution in [2.75, 3.05) is 0 Å². The highest BCUT2D eigenvalue weighted by Gasteiger charge is 2.16. The van der Waals surface area contributed by atoms with Gasteiger partial charge in [0.2, 0.25) is 0 Å². The van der Waals surface area contributed by atoms with Gasteiger partial charge in [-0.1, -0.05) is 0 Å². The van der Waals surface area contributed by atoms with Crippen LogP contribution in [0.15, 0.2) is 47.1 Å². The first-order valence-corrected chi connectivity index (χ1v) is 6.12. The van der Waals surface area contributed by atoms with Crippen molar-refractivity contribution in [3.8, 4) is 5.75 Å². The van der Waals surface area contributed by atoms with Gasteiger partial charge in [-0.25, -0.2) is 4.39 Å². The minimum Gasteiger partial charge on any atom is -0.481 e. The molecule has 0 fully saturated rings.